The quantitative estimate of drug-likeness (QED) is 0.142. The fourth-order valence-corrected chi connectivity index (χ4v) is 6.53. The summed E-state index contributed by atoms with van der Waals surface area (Å²) in [6, 6.07) is 44.3. The maximum Gasteiger partial charge on any atom is 0.128 e. The van der Waals surface area contributed by atoms with Crippen LogP contribution >= 0.6 is 0 Å². The van der Waals surface area contributed by atoms with Crippen molar-refractivity contribution in [2.45, 2.75) is 32.4 Å². The molecule has 4 heteroatoms. The van der Waals surface area contributed by atoms with Gasteiger partial charge in [0.1, 0.15) is 11.5 Å². The van der Waals surface area contributed by atoms with Crippen molar-refractivity contribution in [2.75, 3.05) is 0 Å². The van der Waals surface area contributed by atoms with E-state index in [0.29, 0.717) is 11.1 Å². The highest BCUT2D eigenvalue weighted by Crippen LogP contribution is 2.51. The van der Waals surface area contributed by atoms with Gasteiger partial charge in [0.05, 0.1) is 0 Å². The van der Waals surface area contributed by atoms with Crippen LogP contribution in [-0.4, -0.2) is 10.2 Å². The summed E-state index contributed by atoms with van der Waals surface area (Å²) in [7, 11) is 0. The van der Waals surface area contributed by atoms with Gasteiger partial charge in [0.2, 0.25) is 0 Å². The predicted molar refractivity (Wildman–Crippen MR) is 186 cm³/mol. The number of benzene rings is 6. The van der Waals surface area contributed by atoms with Crippen LogP contribution < -0.4 is 11.5 Å². The number of aromatic hydroxyl groups is 2. The summed E-state index contributed by atoms with van der Waals surface area (Å²) >= 11 is 0. The third-order valence-electron chi connectivity index (χ3n) is 8.85. The van der Waals surface area contributed by atoms with Crippen molar-refractivity contribution in [1.29, 1.82) is 0 Å². The Morgan fingerprint density at radius 2 is 0.756 bits per heavy atom. The highest BCUT2D eigenvalue weighted by Gasteiger charge is 2.35. The SMILES string of the molecule is CC(C)(c1cc(-c2ccccc2)c(O)c(CN)c1-c1ccccc1)c1cc(-c2ccccc2)c(O)c(CN)c1-c1ccccc1. The van der Waals surface area contributed by atoms with Crippen molar-refractivity contribution >= 4 is 0 Å². The Bertz CT molecular complexity index is 1790. The molecule has 224 valence electrons. The first-order chi connectivity index (χ1) is 21.9. The van der Waals surface area contributed by atoms with Crippen molar-refractivity contribution < 1.29 is 10.2 Å². The van der Waals surface area contributed by atoms with Gasteiger partial charge in [-0.1, -0.05) is 135 Å². The highest BCUT2D eigenvalue weighted by atomic mass is 16.3. The van der Waals surface area contributed by atoms with Crippen LogP contribution in [0.5, 0.6) is 11.5 Å². The lowest BCUT2D eigenvalue weighted by Gasteiger charge is -2.35. The van der Waals surface area contributed by atoms with Gasteiger partial charge in [0.15, 0.2) is 0 Å². The normalized spacial score (nSPS) is 11.5. The highest BCUT2D eigenvalue weighted by molar-refractivity contribution is 5.88. The van der Waals surface area contributed by atoms with Crippen LogP contribution in [0.25, 0.3) is 44.5 Å². The first-order valence-corrected chi connectivity index (χ1v) is 15.3. The lowest BCUT2D eigenvalue weighted by Crippen LogP contribution is -2.24. The fourth-order valence-electron chi connectivity index (χ4n) is 6.53. The lowest BCUT2D eigenvalue weighted by atomic mass is 9.69. The van der Waals surface area contributed by atoms with Crippen molar-refractivity contribution in [2.24, 2.45) is 11.5 Å². The molecule has 0 unspecified atom stereocenters. The maximum absolute atomic E-state index is 11.8. The van der Waals surface area contributed by atoms with Crippen molar-refractivity contribution in [1.82, 2.24) is 0 Å². The second-order valence-corrected chi connectivity index (χ2v) is 11.8. The minimum atomic E-state index is -0.654. The molecule has 0 saturated carbocycles. The van der Waals surface area contributed by atoms with Crippen molar-refractivity contribution in [3.8, 4) is 56.0 Å². The molecule has 0 aliphatic heterocycles. The molecule has 0 aliphatic carbocycles. The topological polar surface area (TPSA) is 92.5 Å². The number of phenolic OH excluding ortho intramolecular Hbond substituents is 2. The van der Waals surface area contributed by atoms with E-state index in [4.69, 9.17) is 11.5 Å². The summed E-state index contributed by atoms with van der Waals surface area (Å²) in [6.07, 6.45) is 0. The lowest BCUT2D eigenvalue weighted by molar-refractivity contribution is 0.469. The fraction of sp³-hybridized carbons (Fsp3) is 0.122. The molecular formula is C41H38N2O2. The van der Waals surface area contributed by atoms with Crippen molar-refractivity contribution in [3.05, 3.63) is 156 Å². The summed E-state index contributed by atoms with van der Waals surface area (Å²) < 4.78 is 0. The van der Waals surface area contributed by atoms with Crippen LogP contribution in [0, 0.1) is 0 Å². The summed E-state index contributed by atoms with van der Waals surface area (Å²) in [6.45, 7) is 4.72. The minimum absolute atomic E-state index is 0.157. The van der Waals surface area contributed by atoms with Crippen LogP contribution in [-0.2, 0) is 18.5 Å². The molecule has 45 heavy (non-hydrogen) atoms. The molecule has 0 spiro atoms. The predicted octanol–water partition coefficient (Wildman–Crippen LogP) is 9.01. The van der Waals surface area contributed by atoms with Crippen LogP contribution in [0.15, 0.2) is 133 Å². The first kappa shape index (κ1) is 29.9. The molecule has 0 bridgehead atoms. The van der Waals surface area contributed by atoms with E-state index < -0.39 is 5.41 Å². The zero-order chi connectivity index (χ0) is 31.6. The van der Waals surface area contributed by atoms with Gasteiger partial charge in [-0.2, -0.15) is 0 Å². The molecule has 6 aromatic carbocycles. The van der Waals surface area contributed by atoms with Gasteiger partial charge < -0.3 is 21.7 Å². The molecule has 6 N–H and O–H groups in total. The molecule has 0 saturated heterocycles. The average Bonchev–Trinajstić information content (AvgIpc) is 3.09. The molecule has 0 fully saturated rings. The number of phenols is 2. The molecule has 6 rings (SSSR count). The average molecular weight is 591 g/mol. The number of hydrogen-bond acceptors (Lipinski definition) is 4. The molecule has 6 aromatic rings. The monoisotopic (exact) mass is 590 g/mol. The summed E-state index contributed by atoms with van der Waals surface area (Å²) in [4.78, 5) is 0. The Labute approximate surface area is 265 Å². The molecule has 0 heterocycles. The summed E-state index contributed by atoms with van der Waals surface area (Å²) in [5.74, 6) is 0.368. The van der Waals surface area contributed by atoms with Gasteiger partial charge >= 0.3 is 0 Å². The third kappa shape index (κ3) is 5.40. The Morgan fingerprint density at radius 1 is 0.467 bits per heavy atom. The second-order valence-electron chi connectivity index (χ2n) is 11.8. The van der Waals surface area contributed by atoms with E-state index in [9.17, 15) is 10.2 Å². The third-order valence-corrected chi connectivity index (χ3v) is 8.85. The second kappa shape index (κ2) is 12.4. The number of hydrogen-bond donors (Lipinski definition) is 4. The first-order valence-electron chi connectivity index (χ1n) is 15.3. The van der Waals surface area contributed by atoms with Crippen LogP contribution in [0.2, 0.25) is 0 Å². The Morgan fingerprint density at radius 3 is 1.04 bits per heavy atom. The van der Waals surface area contributed by atoms with E-state index in [1.54, 1.807) is 0 Å². The van der Waals surface area contributed by atoms with Crippen LogP contribution in [0.4, 0.5) is 0 Å². The molecule has 4 nitrogen and oxygen atoms in total. The molecule has 0 aliphatic rings. The van der Waals surface area contributed by atoms with Gasteiger partial charge in [-0.15, -0.1) is 0 Å². The van der Waals surface area contributed by atoms with E-state index in [0.717, 1.165) is 55.6 Å². The van der Waals surface area contributed by atoms with Gasteiger partial charge in [-0.25, -0.2) is 0 Å². The van der Waals surface area contributed by atoms with Gasteiger partial charge in [-0.05, 0) is 56.6 Å². The smallest absolute Gasteiger partial charge is 0.128 e. The largest absolute Gasteiger partial charge is 0.507 e. The molecule has 0 radical (unpaired) electrons. The van der Waals surface area contributed by atoms with Gasteiger partial charge in [-0.3, -0.25) is 0 Å². The van der Waals surface area contributed by atoms with Crippen LogP contribution in [0.3, 0.4) is 0 Å². The molecule has 0 aromatic heterocycles. The molecule has 0 amide bonds. The number of nitrogens with two attached hydrogens (primary N) is 2. The van der Waals surface area contributed by atoms with E-state index >= 15 is 0 Å². The van der Waals surface area contributed by atoms with Crippen molar-refractivity contribution in [3.63, 3.8) is 0 Å². The summed E-state index contributed by atoms with van der Waals surface area (Å²) in [5.41, 5.74) is 22.7. The Balaban J connectivity index is 1.76. The van der Waals surface area contributed by atoms with E-state index in [1.165, 1.54) is 0 Å². The minimum Gasteiger partial charge on any atom is -0.507 e. The number of rotatable bonds is 8. The Kier molecular flexibility index (Phi) is 8.27. The maximum atomic E-state index is 11.8. The van der Waals surface area contributed by atoms with E-state index in [1.807, 2.05) is 97.1 Å². The van der Waals surface area contributed by atoms with E-state index in [2.05, 4.69) is 50.2 Å². The van der Waals surface area contributed by atoms with Crippen LogP contribution in [0.1, 0.15) is 36.1 Å². The Hall–Kier alpha value is -5.16. The standard InChI is InChI=1S/C41H38N2O2/c1-41(2,35-23-31(27-15-7-3-8-16-27)39(44)33(25-42)37(35)29-19-11-5-12-20-29)36-24-32(28-17-9-4-10-18-28)40(45)34(26-43)38(36)30-21-13-6-14-22-30/h3-24,44-45H,25-26,42-43H2,1-2H3. The summed E-state index contributed by atoms with van der Waals surface area (Å²) in [5, 5.41) is 23.5. The zero-order valence-electron chi connectivity index (χ0n) is 25.7. The van der Waals surface area contributed by atoms with Gasteiger partial charge in [0, 0.05) is 40.8 Å². The van der Waals surface area contributed by atoms with E-state index in [-0.39, 0.29) is 24.6 Å². The van der Waals surface area contributed by atoms with Gasteiger partial charge in [0.25, 0.3) is 0 Å². The molecular weight excluding hydrogens is 552 g/mol. The molecule has 0 atom stereocenters. The zero-order valence-corrected chi connectivity index (χ0v) is 25.7.